The number of aromatic nitrogens is 1. The summed E-state index contributed by atoms with van der Waals surface area (Å²) in [7, 11) is 2.01. The molecule has 3 unspecified atom stereocenters. The van der Waals surface area contributed by atoms with Crippen LogP contribution in [0.2, 0.25) is 0 Å². The fourth-order valence-corrected chi connectivity index (χ4v) is 5.05. The first-order valence-electron chi connectivity index (χ1n) is 9.79. The highest BCUT2D eigenvalue weighted by Crippen LogP contribution is 2.45. The molecular formula is C20H22F2N4O3. The molecule has 7 nitrogen and oxygen atoms in total. The average molecular weight is 404 g/mol. The maximum atomic E-state index is 15.8. The maximum absolute atomic E-state index is 15.8. The Morgan fingerprint density at radius 1 is 1.24 bits per heavy atom. The Labute approximate surface area is 165 Å². The van der Waals surface area contributed by atoms with Crippen molar-refractivity contribution >= 4 is 28.2 Å². The molecule has 154 valence electrons. The first-order chi connectivity index (χ1) is 13.7. The van der Waals surface area contributed by atoms with Gasteiger partial charge in [-0.05, 0) is 33.2 Å². The number of rotatable bonds is 3. The second-order valence-corrected chi connectivity index (χ2v) is 8.44. The summed E-state index contributed by atoms with van der Waals surface area (Å²) in [5, 5.41) is 9.00. The number of aromatic carboxylic acids is 1. The maximum Gasteiger partial charge on any atom is 0.341 e. The predicted octanol–water partition coefficient (Wildman–Crippen LogP) is 2.18. The number of piperazine rings is 1. The van der Waals surface area contributed by atoms with Crippen LogP contribution in [-0.2, 0) is 0 Å². The lowest BCUT2D eigenvalue weighted by molar-refractivity contribution is 0.0695. The molecule has 5 rings (SSSR count). The van der Waals surface area contributed by atoms with Crippen LogP contribution in [-0.4, -0.2) is 52.3 Å². The number of carboxylic acid groups (broad SMARTS) is 1. The normalized spacial score (nSPS) is 26.6. The molecule has 3 heterocycles. The van der Waals surface area contributed by atoms with Crippen LogP contribution in [0.5, 0.6) is 0 Å². The van der Waals surface area contributed by atoms with Crippen molar-refractivity contribution in [2.24, 2.45) is 0 Å². The number of nitrogens with zero attached hydrogens (tertiary/aromatic N) is 3. The first kappa shape index (κ1) is 18.4. The minimum Gasteiger partial charge on any atom is -0.477 e. The van der Waals surface area contributed by atoms with E-state index in [2.05, 4.69) is 4.90 Å². The Kier molecular flexibility index (Phi) is 3.74. The van der Waals surface area contributed by atoms with Gasteiger partial charge < -0.3 is 20.3 Å². The first-order valence-corrected chi connectivity index (χ1v) is 9.79. The molecule has 0 spiro atoms. The Bertz CT molecular complexity index is 1130. The van der Waals surface area contributed by atoms with E-state index in [-0.39, 0.29) is 40.8 Å². The Hall–Kier alpha value is -2.68. The molecule has 9 heteroatoms. The number of likely N-dealkylation sites (N-methyl/N-ethyl adjacent to an activating group) is 1. The molecule has 3 N–H and O–H groups in total. The van der Waals surface area contributed by atoms with E-state index >= 15 is 8.78 Å². The van der Waals surface area contributed by atoms with Crippen molar-refractivity contribution in [1.29, 1.82) is 0 Å². The van der Waals surface area contributed by atoms with Gasteiger partial charge >= 0.3 is 5.97 Å². The van der Waals surface area contributed by atoms with E-state index in [0.29, 0.717) is 6.54 Å². The van der Waals surface area contributed by atoms with Gasteiger partial charge in [0.15, 0.2) is 11.6 Å². The Balaban J connectivity index is 1.80. The van der Waals surface area contributed by atoms with Crippen molar-refractivity contribution in [3.8, 4) is 0 Å². The molecule has 2 aromatic rings. The zero-order chi connectivity index (χ0) is 20.8. The van der Waals surface area contributed by atoms with Gasteiger partial charge in [-0.15, -0.1) is 0 Å². The molecular weight excluding hydrogens is 382 g/mol. The van der Waals surface area contributed by atoms with Gasteiger partial charge in [0.1, 0.15) is 11.3 Å². The second kappa shape index (κ2) is 5.91. The van der Waals surface area contributed by atoms with Crippen LogP contribution in [0, 0.1) is 11.6 Å². The molecule has 3 aliphatic rings. The quantitative estimate of drug-likeness (QED) is 0.762. The van der Waals surface area contributed by atoms with Crippen molar-refractivity contribution in [3.05, 3.63) is 33.6 Å². The van der Waals surface area contributed by atoms with Crippen LogP contribution in [0.25, 0.3) is 10.9 Å². The number of benzene rings is 1. The third-order valence-corrected chi connectivity index (χ3v) is 6.92. The van der Waals surface area contributed by atoms with Crippen LogP contribution in [0.15, 0.2) is 11.0 Å². The Morgan fingerprint density at radius 3 is 2.48 bits per heavy atom. The predicted molar refractivity (Wildman–Crippen MR) is 105 cm³/mol. The van der Waals surface area contributed by atoms with Crippen LogP contribution < -0.4 is 16.1 Å². The van der Waals surface area contributed by atoms with E-state index in [1.54, 1.807) is 4.90 Å². The van der Waals surface area contributed by atoms with E-state index in [0.717, 1.165) is 19.3 Å². The summed E-state index contributed by atoms with van der Waals surface area (Å²) >= 11 is 0. The lowest BCUT2D eigenvalue weighted by Crippen LogP contribution is -2.50. The van der Waals surface area contributed by atoms with Crippen LogP contribution in [0.4, 0.5) is 20.2 Å². The molecule has 1 aromatic heterocycles. The lowest BCUT2D eigenvalue weighted by atomic mass is 10.0. The molecule has 2 bridgehead atoms. The molecule has 3 fully saturated rings. The highest BCUT2D eigenvalue weighted by molar-refractivity contribution is 6.00. The summed E-state index contributed by atoms with van der Waals surface area (Å²) in [6.07, 6.45) is 3.45. The van der Waals surface area contributed by atoms with Gasteiger partial charge in [-0.25, -0.2) is 13.6 Å². The van der Waals surface area contributed by atoms with E-state index < -0.39 is 34.3 Å². The van der Waals surface area contributed by atoms with Crippen molar-refractivity contribution < 1.29 is 18.7 Å². The van der Waals surface area contributed by atoms with Gasteiger partial charge in [-0.2, -0.15) is 0 Å². The van der Waals surface area contributed by atoms with Gasteiger partial charge in [0.2, 0.25) is 5.43 Å². The van der Waals surface area contributed by atoms with Gasteiger partial charge in [0, 0.05) is 36.9 Å². The molecule has 29 heavy (non-hydrogen) atoms. The van der Waals surface area contributed by atoms with Crippen molar-refractivity contribution in [3.63, 3.8) is 0 Å². The molecule has 2 saturated heterocycles. The smallest absolute Gasteiger partial charge is 0.341 e. The number of hydrogen-bond donors (Lipinski definition) is 2. The lowest BCUT2D eigenvalue weighted by Gasteiger charge is -2.39. The number of fused-ring (bicyclic) bond motifs is 3. The number of carbonyl (C=O) groups is 1. The number of anilines is 2. The highest BCUT2D eigenvalue weighted by Gasteiger charge is 2.48. The number of hydrogen-bond acceptors (Lipinski definition) is 5. The van der Waals surface area contributed by atoms with Gasteiger partial charge in [-0.1, -0.05) is 0 Å². The summed E-state index contributed by atoms with van der Waals surface area (Å²) in [5.74, 6) is -3.27. The number of carboxylic acids is 1. The number of nitrogen functional groups attached to an aromatic ring is 1. The van der Waals surface area contributed by atoms with E-state index in [9.17, 15) is 14.7 Å². The summed E-state index contributed by atoms with van der Waals surface area (Å²) in [6.45, 7) is 2.50. The topological polar surface area (TPSA) is 91.8 Å². The summed E-state index contributed by atoms with van der Waals surface area (Å²) in [6, 6.07) is 0.156. The molecule has 1 aliphatic carbocycles. The molecule has 2 aliphatic heterocycles. The summed E-state index contributed by atoms with van der Waals surface area (Å²) in [5.41, 5.74) is 3.71. The van der Waals surface area contributed by atoms with E-state index in [1.807, 2.05) is 14.0 Å². The SMILES string of the molecule is CC1C2CC(CN2c2c(F)c(N)c3c(=O)c(C(=O)O)cn(C4CC4)c3c2F)N1C. The average Bonchev–Trinajstić information content (AvgIpc) is 3.37. The Morgan fingerprint density at radius 2 is 1.93 bits per heavy atom. The second-order valence-electron chi connectivity index (χ2n) is 8.44. The third-order valence-electron chi connectivity index (χ3n) is 6.92. The van der Waals surface area contributed by atoms with Crippen LogP contribution in [0.3, 0.4) is 0 Å². The molecule has 1 saturated carbocycles. The fourth-order valence-electron chi connectivity index (χ4n) is 5.05. The monoisotopic (exact) mass is 404 g/mol. The van der Waals surface area contributed by atoms with Crippen molar-refractivity contribution in [2.45, 2.75) is 50.4 Å². The number of likely N-dealkylation sites (tertiary alicyclic amines) is 1. The summed E-state index contributed by atoms with van der Waals surface area (Å²) in [4.78, 5) is 28.2. The van der Waals surface area contributed by atoms with E-state index in [4.69, 9.17) is 5.73 Å². The number of halogens is 2. The molecule has 3 atom stereocenters. The summed E-state index contributed by atoms with van der Waals surface area (Å²) < 4.78 is 32.6. The van der Waals surface area contributed by atoms with Gasteiger partial charge in [0.05, 0.1) is 16.6 Å². The molecule has 0 amide bonds. The third kappa shape index (κ3) is 2.36. The largest absolute Gasteiger partial charge is 0.477 e. The highest BCUT2D eigenvalue weighted by atomic mass is 19.1. The minimum atomic E-state index is -1.44. The number of pyridine rings is 1. The van der Waals surface area contributed by atoms with Crippen LogP contribution in [0.1, 0.15) is 42.6 Å². The standard InChI is InChI=1S/C20H22F2N4O3/c1-8-12-5-10(24(8)2)6-26(12)18-14(21)16(23)13-17(15(18)22)25(9-3-4-9)7-11(19(13)27)20(28)29/h7-10,12H,3-6,23H2,1-2H3,(H,28,29). The molecule has 1 aromatic carbocycles. The molecule has 0 radical (unpaired) electrons. The van der Waals surface area contributed by atoms with Crippen molar-refractivity contribution in [1.82, 2.24) is 9.47 Å². The number of nitrogens with two attached hydrogens (primary N) is 1. The van der Waals surface area contributed by atoms with Crippen molar-refractivity contribution in [2.75, 3.05) is 24.2 Å². The minimum absolute atomic E-state index is 0.0507. The zero-order valence-electron chi connectivity index (χ0n) is 16.2. The van der Waals surface area contributed by atoms with Gasteiger partial charge in [-0.3, -0.25) is 9.69 Å². The fraction of sp³-hybridized carbons (Fsp3) is 0.500. The van der Waals surface area contributed by atoms with E-state index in [1.165, 1.54) is 10.8 Å². The van der Waals surface area contributed by atoms with Crippen LogP contribution >= 0.6 is 0 Å². The van der Waals surface area contributed by atoms with Gasteiger partial charge in [0.25, 0.3) is 0 Å². The zero-order valence-corrected chi connectivity index (χ0v) is 16.2.